The van der Waals surface area contributed by atoms with Crippen molar-refractivity contribution in [3.05, 3.63) is 22.4 Å². The smallest absolute Gasteiger partial charge is 0.306 e. The van der Waals surface area contributed by atoms with Gasteiger partial charge in [0.15, 0.2) is 0 Å². The van der Waals surface area contributed by atoms with Crippen LogP contribution in [-0.2, 0) is 16.1 Å². The molecule has 0 spiro atoms. The van der Waals surface area contributed by atoms with Crippen molar-refractivity contribution in [3.63, 3.8) is 0 Å². The van der Waals surface area contributed by atoms with E-state index in [4.69, 9.17) is 5.11 Å². The van der Waals surface area contributed by atoms with Gasteiger partial charge in [-0.2, -0.15) is 0 Å². The standard InChI is InChI=1S/C15H22N2O3S/c1-17(10-13-6-3-7-21-13)14(18)9-16-12-5-2-4-11(8-12)15(19)20/h3,6-7,11-12,16H,2,4-5,8-10H2,1H3,(H,19,20). The molecular formula is C15H22N2O3S. The Balaban J connectivity index is 1.74. The van der Waals surface area contributed by atoms with Crippen LogP contribution in [0.4, 0.5) is 0 Å². The quantitative estimate of drug-likeness (QED) is 0.842. The van der Waals surface area contributed by atoms with Gasteiger partial charge in [0, 0.05) is 18.0 Å². The van der Waals surface area contributed by atoms with E-state index < -0.39 is 5.97 Å². The van der Waals surface area contributed by atoms with Gasteiger partial charge >= 0.3 is 5.97 Å². The van der Waals surface area contributed by atoms with Crippen LogP contribution in [0.25, 0.3) is 0 Å². The van der Waals surface area contributed by atoms with E-state index in [0.717, 1.165) is 24.1 Å². The van der Waals surface area contributed by atoms with Gasteiger partial charge in [0.25, 0.3) is 0 Å². The molecule has 0 aliphatic heterocycles. The minimum Gasteiger partial charge on any atom is -0.481 e. The van der Waals surface area contributed by atoms with Crippen LogP contribution < -0.4 is 5.32 Å². The summed E-state index contributed by atoms with van der Waals surface area (Å²) in [6.07, 6.45) is 3.23. The molecule has 1 saturated carbocycles. The number of carboxylic acid groups (broad SMARTS) is 1. The molecule has 21 heavy (non-hydrogen) atoms. The summed E-state index contributed by atoms with van der Waals surface area (Å²) >= 11 is 1.64. The lowest BCUT2D eigenvalue weighted by atomic mass is 9.86. The average molecular weight is 310 g/mol. The number of hydrogen-bond donors (Lipinski definition) is 2. The van der Waals surface area contributed by atoms with E-state index in [1.807, 2.05) is 17.5 Å². The maximum Gasteiger partial charge on any atom is 0.306 e. The zero-order valence-electron chi connectivity index (χ0n) is 12.2. The fourth-order valence-corrected chi connectivity index (χ4v) is 3.45. The van der Waals surface area contributed by atoms with Crippen molar-refractivity contribution in [1.29, 1.82) is 0 Å². The summed E-state index contributed by atoms with van der Waals surface area (Å²) in [5.74, 6) is -0.946. The van der Waals surface area contributed by atoms with E-state index in [9.17, 15) is 9.59 Å². The van der Waals surface area contributed by atoms with Crippen LogP contribution in [0.5, 0.6) is 0 Å². The number of rotatable bonds is 6. The average Bonchev–Trinajstić information content (AvgIpc) is 2.97. The van der Waals surface area contributed by atoms with Crippen LogP contribution in [0.3, 0.4) is 0 Å². The summed E-state index contributed by atoms with van der Waals surface area (Å²) in [5, 5.41) is 14.3. The number of nitrogens with zero attached hydrogens (tertiary/aromatic N) is 1. The van der Waals surface area contributed by atoms with Crippen molar-refractivity contribution >= 4 is 23.2 Å². The third kappa shape index (κ3) is 4.82. The zero-order chi connectivity index (χ0) is 15.2. The Bertz CT molecular complexity index is 475. The molecule has 2 rings (SSSR count). The molecule has 1 aliphatic carbocycles. The van der Waals surface area contributed by atoms with Gasteiger partial charge in [-0.1, -0.05) is 12.5 Å². The van der Waals surface area contributed by atoms with Gasteiger partial charge in [0.1, 0.15) is 0 Å². The molecule has 116 valence electrons. The molecule has 1 fully saturated rings. The Morgan fingerprint density at radius 2 is 2.29 bits per heavy atom. The maximum absolute atomic E-state index is 12.1. The number of carboxylic acids is 1. The highest BCUT2D eigenvalue weighted by Crippen LogP contribution is 2.24. The van der Waals surface area contributed by atoms with Crippen molar-refractivity contribution in [2.24, 2.45) is 5.92 Å². The first-order valence-electron chi connectivity index (χ1n) is 7.29. The Morgan fingerprint density at radius 3 is 2.95 bits per heavy atom. The second-order valence-corrected chi connectivity index (χ2v) is 6.64. The van der Waals surface area contributed by atoms with Crippen LogP contribution >= 0.6 is 11.3 Å². The minimum absolute atomic E-state index is 0.0425. The number of aliphatic carboxylic acids is 1. The predicted molar refractivity (Wildman–Crippen MR) is 82.2 cm³/mol. The van der Waals surface area contributed by atoms with Crippen molar-refractivity contribution in [3.8, 4) is 0 Å². The maximum atomic E-state index is 12.1. The topological polar surface area (TPSA) is 69.6 Å². The lowest BCUT2D eigenvalue weighted by Crippen LogP contribution is -2.42. The second-order valence-electron chi connectivity index (χ2n) is 5.61. The third-order valence-electron chi connectivity index (χ3n) is 3.96. The number of carbonyl (C=O) groups excluding carboxylic acids is 1. The van der Waals surface area contributed by atoms with Gasteiger partial charge in [-0.05, 0) is 30.7 Å². The highest BCUT2D eigenvalue weighted by Gasteiger charge is 2.27. The summed E-state index contributed by atoms with van der Waals surface area (Å²) in [6.45, 7) is 0.902. The highest BCUT2D eigenvalue weighted by molar-refractivity contribution is 7.09. The van der Waals surface area contributed by atoms with Crippen LogP contribution in [0, 0.1) is 5.92 Å². The largest absolute Gasteiger partial charge is 0.481 e. The van der Waals surface area contributed by atoms with Crippen molar-refractivity contribution in [2.45, 2.75) is 38.3 Å². The van der Waals surface area contributed by atoms with Crippen molar-refractivity contribution in [1.82, 2.24) is 10.2 Å². The Labute approximate surface area is 129 Å². The first kappa shape index (κ1) is 16.0. The van der Waals surface area contributed by atoms with Gasteiger partial charge in [-0.3, -0.25) is 9.59 Å². The summed E-state index contributed by atoms with van der Waals surface area (Å²) in [7, 11) is 1.80. The number of hydrogen-bond acceptors (Lipinski definition) is 4. The Morgan fingerprint density at radius 1 is 1.48 bits per heavy atom. The van der Waals surface area contributed by atoms with Crippen molar-refractivity contribution in [2.75, 3.05) is 13.6 Å². The first-order chi connectivity index (χ1) is 10.1. The third-order valence-corrected chi connectivity index (χ3v) is 4.83. The van der Waals surface area contributed by atoms with E-state index in [-0.39, 0.29) is 24.4 Å². The number of likely N-dealkylation sites (N-methyl/N-ethyl adjacent to an activating group) is 1. The summed E-state index contributed by atoms with van der Waals surface area (Å²) in [6, 6.07) is 4.13. The molecule has 2 atom stereocenters. The van der Waals surface area contributed by atoms with Crippen LogP contribution in [0.1, 0.15) is 30.6 Å². The van der Waals surface area contributed by atoms with Gasteiger partial charge < -0.3 is 15.3 Å². The van der Waals surface area contributed by atoms with E-state index in [0.29, 0.717) is 13.0 Å². The van der Waals surface area contributed by atoms with E-state index in [1.54, 1.807) is 23.3 Å². The molecule has 1 amide bonds. The Hall–Kier alpha value is -1.40. The number of carbonyl (C=O) groups is 2. The fraction of sp³-hybridized carbons (Fsp3) is 0.600. The number of nitrogens with one attached hydrogen (secondary N) is 1. The van der Waals surface area contributed by atoms with Gasteiger partial charge in [-0.25, -0.2) is 0 Å². The van der Waals surface area contributed by atoms with E-state index >= 15 is 0 Å². The predicted octanol–water partition coefficient (Wildman–Crippen LogP) is 1.94. The lowest BCUT2D eigenvalue weighted by molar-refractivity contribution is -0.143. The highest BCUT2D eigenvalue weighted by atomic mass is 32.1. The molecule has 0 aromatic carbocycles. The minimum atomic E-state index is -0.720. The van der Waals surface area contributed by atoms with Gasteiger partial charge in [0.05, 0.1) is 19.0 Å². The van der Waals surface area contributed by atoms with Crippen molar-refractivity contribution < 1.29 is 14.7 Å². The molecule has 6 heteroatoms. The van der Waals surface area contributed by atoms with Gasteiger partial charge in [-0.15, -0.1) is 11.3 Å². The molecule has 1 aliphatic rings. The molecule has 5 nitrogen and oxygen atoms in total. The second kappa shape index (κ2) is 7.56. The Kier molecular flexibility index (Phi) is 5.76. The molecule has 1 aromatic heterocycles. The fourth-order valence-electron chi connectivity index (χ4n) is 2.69. The molecular weight excluding hydrogens is 288 g/mol. The summed E-state index contributed by atoms with van der Waals surface area (Å²) in [5.41, 5.74) is 0. The van der Waals surface area contributed by atoms with Crippen LogP contribution in [0.2, 0.25) is 0 Å². The van der Waals surface area contributed by atoms with Crippen LogP contribution in [-0.4, -0.2) is 41.5 Å². The molecule has 1 heterocycles. The monoisotopic (exact) mass is 310 g/mol. The molecule has 0 radical (unpaired) electrons. The molecule has 0 bridgehead atoms. The van der Waals surface area contributed by atoms with Crippen LogP contribution in [0.15, 0.2) is 17.5 Å². The molecule has 2 unspecified atom stereocenters. The number of thiophene rings is 1. The molecule has 1 aromatic rings. The summed E-state index contributed by atoms with van der Waals surface area (Å²) in [4.78, 5) is 26.0. The van der Waals surface area contributed by atoms with Gasteiger partial charge in [0.2, 0.25) is 5.91 Å². The van der Waals surface area contributed by atoms with E-state index in [1.165, 1.54) is 0 Å². The first-order valence-corrected chi connectivity index (χ1v) is 8.16. The number of amides is 1. The van der Waals surface area contributed by atoms with E-state index in [2.05, 4.69) is 5.32 Å². The molecule has 2 N–H and O–H groups in total. The SMILES string of the molecule is CN(Cc1cccs1)C(=O)CNC1CCCC(C(=O)O)C1. The molecule has 0 saturated heterocycles. The summed E-state index contributed by atoms with van der Waals surface area (Å²) < 4.78 is 0. The lowest BCUT2D eigenvalue weighted by Gasteiger charge is -2.28. The normalized spacial score (nSPS) is 22.0. The zero-order valence-corrected chi connectivity index (χ0v) is 13.1.